The van der Waals surface area contributed by atoms with Crippen molar-refractivity contribution >= 4 is 34.4 Å². The van der Waals surface area contributed by atoms with Crippen LogP contribution in [0.4, 0.5) is 11.4 Å². The molecule has 2 aromatic carbocycles. The van der Waals surface area contributed by atoms with Gasteiger partial charge in [-0.15, -0.1) is 0 Å². The number of benzene rings is 2. The summed E-state index contributed by atoms with van der Waals surface area (Å²) in [5.41, 5.74) is 10.3. The summed E-state index contributed by atoms with van der Waals surface area (Å²) in [5, 5.41) is 0.631. The first-order valence-electron chi connectivity index (χ1n) is 13.4. The van der Waals surface area contributed by atoms with E-state index in [2.05, 4.69) is 91.8 Å². The standard InChI is InChI=1S/C33H42ClN3.2ClH.Fe/c1-19(2)26-13-11-14-27(20(3)4)32(26)35-23(9)30-17-25(34)18-31(37-30)24(10)36-33-28(21(5)6)15-12-16-29(33)22(7)8;;;/h11-22H,1-10H3;2*1H;/q;;;+2/p-2. The fraction of sp³-hybridized carbons (Fsp3) is 0.424. The van der Waals surface area contributed by atoms with Crippen molar-refractivity contribution in [2.24, 2.45) is 9.98 Å². The number of halogens is 3. The minimum atomic E-state index is 0. The predicted molar refractivity (Wildman–Crippen MR) is 162 cm³/mol. The van der Waals surface area contributed by atoms with Gasteiger partial charge in [-0.1, -0.05) is 103 Å². The van der Waals surface area contributed by atoms with Gasteiger partial charge >= 0.3 is 17.1 Å². The summed E-state index contributed by atoms with van der Waals surface area (Å²) >= 11 is 6.62. The van der Waals surface area contributed by atoms with Crippen molar-refractivity contribution in [3.8, 4) is 0 Å². The summed E-state index contributed by atoms with van der Waals surface area (Å²) in [4.78, 5) is 15.2. The Kier molecular flexibility index (Phi) is 16.0. The van der Waals surface area contributed by atoms with Crippen molar-refractivity contribution in [2.75, 3.05) is 0 Å². The summed E-state index contributed by atoms with van der Waals surface area (Å²) in [5.74, 6) is 1.50. The summed E-state index contributed by atoms with van der Waals surface area (Å²) in [6.07, 6.45) is 0. The first kappa shape index (κ1) is 38.3. The number of aliphatic imine (C=N–C) groups is 2. The second kappa shape index (κ2) is 16.7. The largest absolute Gasteiger partial charge is 2.00 e. The van der Waals surface area contributed by atoms with E-state index < -0.39 is 0 Å². The van der Waals surface area contributed by atoms with Crippen LogP contribution in [0.25, 0.3) is 0 Å². The number of rotatable bonds is 8. The zero-order valence-corrected chi connectivity index (χ0v) is 28.6. The molecule has 0 N–H and O–H groups in total. The molecule has 0 spiro atoms. The number of aromatic nitrogens is 1. The van der Waals surface area contributed by atoms with Gasteiger partial charge in [0.2, 0.25) is 0 Å². The Bertz CT molecular complexity index is 1180. The molecule has 0 aliphatic heterocycles. The minimum Gasteiger partial charge on any atom is -1.00 e. The molecule has 0 amide bonds. The third-order valence-electron chi connectivity index (χ3n) is 6.78. The van der Waals surface area contributed by atoms with Crippen molar-refractivity contribution in [3.05, 3.63) is 87.2 Å². The molecule has 0 bridgehead atoms. The van der Waals surface area contributed by atoms with Crippen molar-refractivity contribution in [2.45, 2.75) is 92.9 Å². The molecule has 0 saturated heterocycles. The molecule has 0 radical (unpaired) electrons. The Hall–Kier alpha value is -1.68. The van der Waals surface area contributed by atoms with Crippen LogP contribution in [-0.2, 0) is 17.1 Å². The second-order valence-corrected chi connectivity index (χ2v) is 11.6. The molecule has 218 valence electrons. The molecule has 1 heterocycles. The molecule has 0 saturated carbocycles. The van der Waals surface area contributed by atoms with Gasteiger partial charge in [-0.3, -0.25) is 9.98 Å². The number of hydrogen-bond acceptors (Lipinski definition) is 3. The minimum absolute atomic E-state index is 0. The first-order valence-corrected chi connectivity index (χ1v) is 13.8. The van der Waals surface area contributed by atoms with Crippen LogP contribution in [0.2, 0.25) is 5.02 Å². The maximum Gasteiger partial charge on any atom is 2.00 e. The first-order chi connectivity index (χ1) is 17.4. The van der Waals surface area contributed by atoms with E-state index in [1.807, 2.05) is 26.0 Å². The molecule has 3 rings (SSSR count). The molecule has 0 unspecified atom stereocenters. The van der Waals surface area contributed by atoms with E-state index in [4.69, 9.17) is 26.6 Å². The van der Waals surface area contributed by atoms with E-state index in [9.17, 15) is 0 Å². The zero-order valence-electron chi connectivity index (χ0n) is 25.3. The summed E-state index contributed by atoms with van der Waals surface area (Å²) < 4.78 is 0. The van der Waals surface area contributed by atoms with Crippen LogP contribution in [0.5, 0.6) is 0 Å². The summed E-state index contributed by atoms with van der Waals surface area (Å²) in [6, 6.07) is 16.8. The Morgan fingerprint density at radius 2 is 0.875 bits per heavy atom. The average molecular weight is 643 g/mol. The fourth-order valence-corrected chi connectivity index (χ4v) is 4.81. The molecule has 3 aromatic rings. The Balaban J connectivity index is 0.00000507. The van der Waals surface area contributed by atoms with Crippen LogP contribution >= 0.6 is 11.6 Å². The average Bonchev–Trinajstić information content (AvgIpc) is 2.83. The molecule has 1 aromatic heterocycles. The van der Waals surface area contributed by atoms with Crippen molar-refractivity contribution in [3.63, 3.8) is 0 Å². The van der Waals surface area contributed by atoms with Gasteiger partial charge in [-0.25, -0.2) is 4.98 Å². The van der Waals surface area contributed by atoms with Crippen LogP contribution in [-0.4, -0.2) is 16.4 Å². The fourth-order valence-electron chi connectivity index (χ4n) is 4.60. The molecule has 0 fully saturated rings. The molecular weight excluding hydrogens is 601 g/mol. The number of hydrogen-bond donors (Lipinski definition) is 0. The van der Waals surface area contributed by atoms with Gasteiger partial charge in [0, 0.05) is 5.02 Å². The van der Waals surface area contributed by atoms with Crippen LogP contribution in [0, 0.1) is 0 Å². The maximum absolute atomic E-state index is 6.62. The van der Waals surface area contributed by atoms with E-state index >= 15 is 0 Å². The second-order valence-electron chi connectivity index (χ2n) is 11.1. The van der Waals surface area contributed by atoms with Crippen LogP contribution < -0.4 is 24.8 Å². The maximum atomic E-state index is 6.62. The van der Waals surface area contributed by atoms with Crippen LogP contribution in [0.3, 0.4) is 0 Å². The quantitative estimate of drug-likeness (QED) is 0.263. The van der Waals surface area contributed by atoms with E-state index in [-0.39, 0.29) is 41.9 Å². The van der Waals surface area contributed by atoms with Gasteiger partial charge in [0.05, 0.1) is 34.2 Å². The molecule has 0 aliphatic rings. The normalized spacial score (nSPS) is 12.0. The molecule has 40 heavy (non-hydrogen) atoms. The van der Waals surface area contributed by atoms with E-state index in [1.54, 1.807) is 0 Å². The third-order valence-corrected chi connectivity index (χ3v) is 6.99. The molecular formula is C33H42Cl3FeN3. The van der Waals surface area contributed by atoms with Gasteiger partial charge in [0.25, 0.3) is 0 Å². The Morgan fingerprint density at radius 1 is 0.600 bits per heavy atom. The number of para-hydroxylation sites is 2. The SMILES string of the molecule is CC(=Nc1c(C(C)C)cccc1C(C)C)c1cc(Cl)cc(C(C)=Nc2c(C(C)C)cccc2C(C)C)n1.[Cl-].[Cl-].[Fe+2]. The van der Waals surface area contributed by atoms with Crippen molar-refractivity contribution in [1.29, 1.82) is 0 Å². The molecule has 7 heteroatoms. The molecule has 0 atom stereocenters. The van der Waals surface area contributed by atoms with E-state index in [0.29, 0.717) is 28.7 Å². The molecule has 0 aliphatic carbocycles. The predicted octanol–water partition coefficient (Wildman–Crippen LogP) is 4.52. The van der Waals surface area contributed by atoms with Crippen LogP contribution in [0.15, 0.2) is 58.5 Å². The summed E-state index contributed by atoms with van der Waals surface area (Å²) in [6.45, 7) is 21.7. The smallest absolute Gasteiger partial charge is 1.00 e. The number of pyridine rings is 1. The molecule has 3 nitrogen and oxygen atoms in total. The zero-order chi connectivity index (χ0) is 27.4. The van der Waals surface area contributed by atoms with Gasteiger partial charge < -0.3 is 24.8 Å². The van der Waals surface area contributed by atoms with E-state index in [0.717, 1.165) is 34.2 Å². The summed E-state index contributed by atoms with van der Waals surface area (Å²) in [7, 11) is 0. The van der Waals surface area contributed by atoms with Crippen LogP contribution in [0.1, 0.15) is 127 Å². The Labute approximate surface area is 270 Å². The van der Waals surface area contributed by atoms with Gasteiger partial charge in [-0.2, -0.15) is 0 Å². The van der Waals surface area contributed by atoms with Gasteiger partial charge in [-0.05, 0) is 71.9 Å². The number of nitrogens with zero attached hydrogens (tertiary/aromatic N) is 3. The Morgan fingerprint density at radius 3 is 1.12 bits per heavy atom. The monoisotopic (exact) mass is 641 g/mol. The van der Waals surface area contributed by atoms with Crippen molar-refractivity contribution in [1.82, 2.24) is 4.98 Å². The van der Waals surface area contributed by atoms with Gasteiger partial charge in [0.15, 0.2) is 0 Å². The topological polar surface area (TPSA) is 37.6 Å². The van der Waals surface area contributed by atoms with Crippen molar-refractivity contribution < 1.29 is 41.9 Å². The van der Waals surface area contributed by atoms with Gasteiger partial charge in [0.1, 0.15) is 0 Å². The van der Waals surface area contributed by atoms with E-state index in [1.165, 1.54) is 22.3 Å². The third kappa shape index (κ3) is 9.16.